The fourth-order valence-electron chi connectivity index (χ4n) is 1.57. The number of methoxy groups -OCH3 is 1. The Morgan fingerprint density at radius 2 is 2.06 bits per heavy atom. The van der Waals surface area contributed by atoms with E-state index in [1.807, 2.05) is 6.07 Å². The summed E-state index contributed by atoms with van der Waals surface area (Å²) < 4.78 is 5.11. The molecule has 0 unspecified atom stereocenters. The monoisotopic (exact) mass is 244 g/mol. The van der Waals surface area contributed by atoms with E-state index in [9.17, 15) is 4.79 Å². The first-order valence-electron chi connectivity index (χ1n) is 5.33. The van der Waals surface area contributed by atoms with Crippen LogP contribution in [0.25, 0.3) is 11.4 Å². The molecule has 1 N–H and O–H groups in total. The average molecular weight is 244 g/mol. The molecule has 2 rings (SSSR count). The van der Waals surface area contributed by atoms with Gasteiger partial charge in [-0.2, -0.15) is 0 Å². The zero-order valence-corrected chi connectivity index (χ0v) is 10.0. The summed E-state index contributed by atoms with van der Waals surface area (Å²) >= 11 is 0. The van der Waals surface area contributed by atoms with Gasteiger partial charge in [-0.25, -0.2) is 14.8 Å². The summed E-state index contributed by atoms with van der Waals surface area (Å²) in [6, 6.07) is 8.62. The van der Waals surface area contributed by atoms with Crippen LogP contribution in [-0.4, -0.2) is 28.2 Å². The fraction of sp³-hybridized carbons (Fsp3) is 0.154. The van der Waals surface area contributed by atoms with Crippen molar-refractivity contribution < 1.29 is 14.6 Å². The molecule has 0 aliphatic heterocycles. The van der Waals surface area contributed by atoms with E-state index in [-0.39, 0.29) is 5.69 Å². The van der Waals surface area contributed by atoms with Crippen LogP contribution in [0.3, 0.4) is 0 Å². The van der Waals surface area contributed by atoms with Crippen molar-refractivity contribution in [1.29, 1.82) is 0 Å². The third kappa shape index (κ3) is 2.45. The Hall–Kier alpha value is -2.43. The van der Waals surface area contributed by atoms with E-state index in [1.54, 1.807) is 32.2 Å². The van der Waals surface area contributed by atoms with E-state index >= 15 is 0 Å². The zero-order chi connectivity index (χ0) is 13.1. The van der Waals surface area contributed by atoms with Gasteiger partial charge in [0, 0.05) is 11.3 Å². The lowest BCUT2D eigenvalue weighted by Crippen LogP contribution is -2.04. The molecule has 0 aliphatic carbocycles. The molecular formula is C13H12N2O3. The summed E-state index contributed by atoms with van der Waals surface area (Å²) in [4.78, 5) is 19.2. The molecule has 0 saturated carbocycles. The van der Waals surface area contributed by atoms with Gasteiger partial charge in [0.05, 0.1) is 7.11 Å². The number of carboxylic acid groups (broad SMARTS) is 1. The van der Waals surface area contributed by atoms with E-state index in [4.69, 9.17) is 9.84 Å². The van der Waals surface area contributed by atoms with Crippen molar-refractivity contribution in [3.63, 3.8) is 0 Å². The standard InChI is InChI=1S/C13H12N2O3/c1-8-6-11(13(16)17)15-12(14-8)9-4-3-5-10(7-9)18-2/h3-7H,1-2H3,(H,16,17). The first-order valence-corrected chi connectivity index (χ1v) is 5.33. The van der Waals surface area contributed by atoms with Gasteiger partial charge in [0.2, 0.25) is 0 Å². The van der Waals surface area contributed by atoms with E-state index < -0.39 is 5.97 Å². The van der Waals surface area contributed by atoms with Crippen molar-refractivity contribution in [2.45, 2.75) is 6.92 Å². The van der Waals surface area contributed by atoms with E-state index in [2.05, 4.69) is 9.97 Å². The second kappa shape index (κ2) is 4.83. The normalized spacial score (nSPS) is 10.1. The lowest BCUT2D eigenvalue weighted by Gasteiger charge is -2.05. The number of carboxylic acids is 1. The van der Waals surface area contributed by atoms with Crippen LogP contribution < -0.4 is 4.74 Å². The second-order valence-corrected chi connectivity index (χ2v) is 3.76. The molecule has 0 atom stereocenters. The Morgan fingerprint density at radius 1 is 1.28 bits per heavy atom. The molecule has 1 heterocycles. The molecule has 0 amide bonds. The first-order chi connectivity index (χ1) is 8.60. The highest BCUT2D eigenvalue weighted by Crippen LogP contribution is 2.21. The molecule has 0 bridgehead atoms. The van der Waals surface area contributed by atoms with Crippen molar-refractivity contribution >= 4 is 5.97 Å². The van der Waals surface area contributed by atoms with Crippen molar-refractivity contribution in [1.82, 2.24) is 9.97 Å². The lowest BCUT2D eigenvalue weighted by molar-refractivity contribution is 0.0690. The van der Waals surface area contributed by atoms with Gasteiger partial charge < -0.3 is 9.84 Å². The first kappa shape index (κ1) is 12.0. The topological polar surface area (TPSA) is 72.3 Å². The number of carbonyl (C=O) groups is 1. The number of rotatable bonds is 3. The Balaban J connectivity index is 2.52. The molecule has 0 radical (unpaired) electrons. The van der Waals surface area contributed by atoms with Gasteiger partial charge in [-0.1, -0.05) is 12.1 Å². The summed E-state index contributed by atoms with van der Waals surface area (Å²) in [5.74, 6) is -0.00886. The van der Waals surface area contributed by atoms with Crippen LogP contribution in [0.2, 0.25) is 0 Å². The Morgan fingerprint density at radius 3 is 2.72 bits per heavy atom. The molecule has 0 aliphatic rings. The highest BCUT2D eigenvalue weighted by atomic mass is 16.5. The Bertz CT molecular complexity index is 597. The van der Waals surface area contributed by atoms with Crippen LogP contribution in [0.1, 0.15) is 16.2 Å². The number of hydrogen-bond acceptors (Lipinski definition) is 4. The van der Waals surface area contributed by atoms with Crippen molar-refractivity contribution in [2.75, 3.05) is 7.11 Å². The van der Waals surface area contributed by atoms with Crippen molar-refractivity contribution in [3.05, 3.63) is 41.7 Å². The molecule has 0 fully saturated rings. The molecule has 0 saturated heterocycles. The highest BCUT2D eigenvalue weighted by Gasteiger charge is 2.10. The summed E-state index contributed by atoms with van der Waals surface area (Å²) in [6.45, 7) is 1.73. The number of hydrogen-bond donors (Lipinski definition) is 1. The predicted molar refractivity (Wildman–Crippen MR) is 65.7 cm³/mol. The molecule has 1 aromatic carbocycles. The summed E-state index contributed by atoms with van der Waals surface area (Å²) in [5, 5.41) is 8.97. The van der Waals surface area contributed by atoms with Crippen LogP contribution in [-0.2, 0) is 0 Å². The van der Waals surface area contributed by atoms with Crippen LogP contribution in [0.4, 0.5) is 0 Å². The molecule has 5 nitrogen and oxygen atoms in total. The quantitative estimate of drug-likeness (QED) is 0.895. The van der Waals surface area contributed by atoms with E-state index in [0.29, 0.717) is 17.3 Å². The maximum Gasteiger partial charge on any atom is 0.354 e. The number of benzene rings is 1. The minimum Gasteiger partial charge on any atom is -0.497 e. The molecule has 92 valence electrons. The molecule has 1 aromatic heterocycles. The number of nitrogens with zero attached hydrogens (tertiary/aromatic N) is 2. The van der Waals surface area contributed by atoms with Gasteiger partial charge in [0.1, 0.15) is 5.75 Å². The molecular weight excluding hydrogens is 232 g/mol. The zero-order valence-electron chi connectivity index (χ0n) is 10.0. The lowest BCUT2D eigenvalue weighted by atomic mass is 10.2. The smallest absolute Gasteiger partial charge is 0.354 e. The maximum absolute atomic E-state index is 10.9. The third-order valence-corrected chi connectivity index (χ3v) is 2.40. The summed E-state index contributed by atoms with van der Waals surface area (Å²) in [7, 11) is 1.57. The van der Waals surface area contributed by atoms with E-state index in [0.717, 1.165) is 5.56 Å². The van der Waals surface area contributed by atoms with Crippen LogP contribution in [0.5, 0.6) is 5.75 Å². The molecule has 5 heteroatoms. The predicted octanol–water partition coefficient (Wildman–Crippen LogP) is 2.16. The minimum atomic E-state index is -1.07. The number of ether oxygens (including phenoxy) is 1. The third-order valence-electron chi connectivity index (χ3n) is 2.40. The van der Waals surface area contributed by atoms with Gasteiger partial charge in [-0.05, 0) is 25.1 Å². The Labute approximate surface area is 104 Å². The summed E-state index contributed by atoms with van der Waals surface area (Å²) in [5.41, 5.74) is 1.32. The maximum atomic E-state index is 10.9. The summed E-state index contributed by atoms with van der Waals surface area (Å²) in [6.07, 6.45) is 0. The molecule has 0 spiro atoms. The number of aromatic carboxylic acids is 1. The minimum absolute atomic E-state index is 0.0136. The second-order valence-electron chi connectivity index (χ2n) is 3.76. The van der Waals surface area contributed by atoms with Gasteiger partial charge >= 0.3 is 5.97 Å². The van der Waals surface area contributed by atoms with Crippen LogP contribution in [0.15, 0.2) is 30.3 Å². The van der Waals surface area contributed by atoms with Crippen molar-refractivity contribution in [3.8, 4) is 17.1 Å². The number of aromatic nitrogens is 2. The van der Waals surface area contributed by atoms with E-state index in [1.165, 1.54) is 6.07 Å². The van der Waals surface area contributed by atoms with Crippen LogP contribution >= 0.6 is 0 Å². The van der Waals surface area contributed by atoms with Gasteiger partial charge in [-0.15, -0.1) is 0 Å². The molecule has 2 aromatic rings. The fourth-order valence-corrected chi connectivity index (χ4v) is 1.57. The van der Waals surface area contributed by atoms with Crippen molar-refractivity contribution in [2.24, 2.45) is 0 Å². The van der Waals surface area contributed by atoms with Gasteiger partial charge in [0.25, 0.3) is 0 Å². The van der Waals surface area contributed by atoms with Gasteiger partial charge in [-0.3, -0.25) is 0 Å². The average Bonchev–Trinajstić information content (AvgIpc) is 2.38. The SMILES string of the molecule is COc1cccc(-c2nc(C)cc(C(=O)O)n2)c1. The Kier molecular flexibility index (Phi) is 3.23. The number of aryl methyl sites for hydroxylation is 1. The molecule has 18 heavy (non-hydrogen) atoms. The highest BCUT2D eigenvalue weighted by molar-refractivity contribution is 5.86. The van der Waals surface area contributed by atoms with Gasteiger partial charge in [0.15, 0.2) is 11.5 Å². The largest absolute Gasteiger partial charge is 0.497 e. The van der Waals surface area contributed by atoms with Crippen LogP contribution in [0, 0.1) is 6.92 Å².